The lowest BCUT2D eigenvalue weighted by Gasteiger charge is -2.08. The van der Waals surface area contributed by atoms with Crippen LogP contribution in [0.5, 0.6) is 5.75 Å². The van der Waals surface area contributed by atoms with Gasteiger partial charge >= 0.3 is 0 Å². The van der Waals surface area contributed by atoms with Gasteiger partial charge < -0.3 is 15.0 Å². The van der Waals surface area contributed by atoms with Crippen molar-refractivity contribution in [2.75, 3.05) is 19.7 Å². The van der Waals surface area contributed by atoms with Crippen LogP contribution in [0.15, 0.2) is 35.5 Å². The Kier molecular flexibility index (Phi) is 3.54. The number of carbonyl (C=O) groups is 1. The smallest absolute Gasteiger partial charge is 0.248 e. The molecule has 0 fully saturated rings. The van der Waals surface area contributed by atoms with Gasteiger partial charge in [0.1, 0.15) is 12.3 Å². The second-order valence-corrected chi connectivity index (χ2v) is 4.57. The minimum atomic E-state index is -0.0667. The molecule has 0 saturated carbocycles. The first-order chi connectivity index (χ1) is 9.81. The fourth-order valence-corrected chi connectivity index (χ4v) is 2.05. The molecular formula is C14H16N4O2. The number of rotatable bonds is 5. The van der Waals surface area contributed by atoms with E-state index in [1.807, 2.05) is 30.5 Å². The summed E-state index contributed by atoms with van der Waals surface area (Å²) >= 11 is 0. The van der Waals surface area contributed by atoms with Crippen molar-refractivity contribution in [1.29, 1.82) is 0 Å². The Labute approximate surface area is 116 Å². The highest BCUT2D eigenvalue weighted by Crippen LogP contribution is 2.19. The molecule has 0 radical (unpaired) electrons. The molecule has 20 heavy (non-hydrogen) atoms. The molecule has 0 unspecified atom stereocenters. The van der Waals surface area contributed by atoms with E-state index in [0.717, 1.165) is 17.7 Å². The first-order valence-corrected chi connectivity index (χ1v) is 6.59. The maximum Gasteiger partial charge on any atom is 0.248 e. The van der Waals surface area contributed by atoms with E-state index in [-0.39, 0.29) is 12.5 Å². The topological polar surface area (TPSA) is 78.5 Å². The predicted molar refractivity (Wildman–Crippen MR) is 76.9 cm³/mol. The minimum Gasteiger partial charge on any atom is -0.493 e. The van der Waals surface area contributed by atoms with Gasteiger partial charge in [-0.05, 0) is 30.0 Å². The van der Waals surface area contributed by atoms with Crippen LogP contribution in [0, 0.1) is 0 Å². The Morgan fingerprint density at radius 2 is 2.30 bits per heavy atom. The number of guanidine groups is 1. The van der Waals surface area contributed by atoms with Crippen LogP contribution in [0.3, 0.4) is 0 Å². The van der Waals surface area contributed by atoms with Gasteiger partial charge in [-0.15, -0.1) is 0 Å². The Bertz CT molecular complexity index is 647. The average molecular weight is 272 g/mol. The number of hydrogen-bond acceptors (Lipinski definition) is 4. The van der Waals surface area contributed by atoms with E-state index in [4.69, 9.17) is 4.74 Å². The highest BCUT2D eigenvalue weighted by molar-refractivity contribution is 6.02. The number of hydrogen-bond donors (Lipinski definition) is 3. The number of amides is 1. The van der Waals surface area contributed by atoms with Crippen molar-refractivity contribution in [2.45, 2.75) is 6.42 Å². The molecule has 6 heteroatoms. The highest BCUT2D eigenvalue weighted by Gasteiger charge is 2.11. The Hall–Kier alpha value is -2.50. The molecule has 0 spiro atoms. The van der Waals surface area contributed by atoms with Crippen LogP contribution in [0.25, 0.3) is 10.9 Å². The fourth-order valence-electron chi connectivity index (χ4n) is 2.05. The van der Waals surface area contributed by atoms with Crippen LogP contribution in [-0.4, -0.2) is 36.5 Å². The van der Waals surface area contributed by atoms with Crippen molar-refractivity contribution in [3.8, 4) is 5.75 Å². The predicted octanol–water partition coefficient (Wildman–Crippen LogP) is 1.01. The molecule has 6 nitrogen and oxygen atoms in total. The van der Waals surface area contributed by atoms with E-state index in [1.165, 1.54) is 5.39 Å². The zero-order valence-corrected chi connectivity index (χ0v) is 11.0. The third-order valence-corrected chi connectivity index (χ3v) is 3.05. The first kappa shape index (κ1) is 12.5. The average Bonchev–Trinajstić information content (AvgIpc) is 3.06. The summed E-state index contributed by atoms with van der Waals surface area (Å²) < 4.78 is 5.68. The highest BCUT2D eigenvalue weighted by atomic mass is 16.5. The molecule has 0 bridgehead atoms. The zero-order valence-electron chi connectivity index (χ0n) is 11.0. The third-order valence-electron chi connectivity index (χ3n) is 3.05. The van der Waals surface area contributed by atoms with Gasteiger partial charge in [-0.2, -0.15) is 0 Å². The van der Waals surface area contributed by atoms with Crippen molar-refractivity contribution >= 4 is 22.8 Å². The van der Waals surface area contributed by atoms with E-state index in [0.29, 0.717) is 19.1 Å². The number of H-pyrrole nitrogens is 1. The number of benzene rings is 1. The van der Waals surface area contributed by atoms with Crippen molar-refractivity contribution < 1.29 is 9.53 Å². The van der Waals surface area contributed by atoms with Gasteiger partial charge in [0.15, 0.2) is 5.96 Å². The van der Waals surface area contributed by atoms with Gasteiger partial charge in [0.25, 0.3) is 0 Å². The largest absolute Gasteiger partial charge is 0.493 e. The molecular weight excluding hydrogens is 256 g/mol. The SMILES string of the molecule is O=C1CN=C(NCCCOc2ccc3cc[nH]c3c2)N1. The molecule has 0 atom stereocenters. The van der Waals surface area contributed by atoms with Crippen molar-refractivity contribution in [1.82, 2.24) is 15.6 Å². The number of aliphatic imine (C=N–C) groups is 1. The molecule has 1 aliphatic heterocycles. The minimum absolute atomic E-state index is 0.0667. The monoisotopic (exact) mass is 272 g/mol. The molecule has 104 valence electrons. The number of carbonyl (C=O) groups excluding carboxylic acids is 1. The number of nitrogens with one attached hydrogen (secondary N) is 3. The lowest BCUT2D eigenvalue weighted by atomic mass is 10.2. The second-order valence-electron chi connectivity index (χ2n) is 4.57. The van der Waals surface area contributed by atoms with Gasteiger partial charge in [-0.1, -0.05) is 0 Å². The summed E-state index contributed by atoms with van der Waals surface area (Å²) in [5.41, 5.74) is 1.07. The quantitative estimate of drug-likeness (QED) is 0.711. The van der Waals surface area contributed by atoms with Crippen molar-refractivity contribution in [2.24, 2.45) is 4.99 Å². The van der Waals surface area contributed by atoms with Gasteiger partial charge in [-0.25, -0.2) is 4.99 Å². The molecule has 1 aromatic carbocycles. The normalized spacial score (nSPS) is 14.2. The molecule has 1 aliphatic rings. The van der Waals surface area contributed by atoms with E-state index >= 15 is 0 Å². The maximum absolute atomic E-state index is 10.9. The Balaban J connectivity index is 1.40. The van der Waals surface area contributed by atoms with Crippen LogP contribution in [-0.2, 0) is 4.79 Å². The van der Waals surface area contributed by atoms with Gasteiger partial charge in [0.2, 0.25) is 5.91 Å². The lowest BCUT2D eigenvalue weighted by molar-refractivity contribution is -0.117. The molecule has 2 aromatic rings. The van der Waals surface area contributed by atoms with E-state index in [9.17, 15) is 4.79 Å². The number of aromatic nitrogens is 1. The van der Waals surface area contributed by atoms with E-state index in [1.54, 1.807) is 0 Å². The standard InChI is InChI=1S/C14H16N4O2/c19-13-9-17-14(18-13)16-5-1-7-20-11-3-2-10-4-6-15-12(10)8-11/h2-4,6,8,15H,1,5,7,9H2,(H2,16,17,18,19). The summed E-state index contributed by atoms with van der Waals surface area (Å²) in [4.78, 5) is 18.1. The summed E-state index contributed by atoms with van der Waals surface area (Å²) in [6, 6.07) is 8.01. The molecule has 3 N–H and O–H groups in total. The van der Waals surface area contributed by atoms with Crippen LogP contribution >= 0.6 is 0 Å². The van der Waals surface area contributed by atoms with Gasteiger partial charge in [0, 0.05) is 24.3 Å². The molecule has 1 amide bonds. The zero-order chi connectivity index (χ0) is 13.8. The second kappa shape index (κ2) is 5.64. The summed E-state index contributed by atoms with van der Waals surface area (Å²) in [5, 5.41) is 6.87. The summed E-state index contributed by atoms with van der Waals surface area (Å²) in [6.45, 7) is 1.54. The van der Waals surface area contributed by atoms with Crippen LogP contribution in [0.4, 0.5) is 0 Å². The molecule has 3 rings (SSSR count). The number of ether oxygens (including phenoxy) is 1. The van der Waals surface area contributed by atoms with Gasteiger partial charge in [0.05, 0.1) is 6.61 Å². The number of aromatic amines is 1. The van der Waals surface area contributed by atoms with Crippen LogP contribution in [0.1, 0.15) is 6.42 Å². The lowest BCUT2D eigenvalue weighted by Crippen LogP contribution is -2.37. The van der Waals surface area contributed by atoms with E-state index < -0.39 is 0 Å². The van der Waals surface area contributed by atoms with Crippen molar-refractivity contribution in [3.63, 3.8) is 0 Å². The van der Waals surface area contributed by atoms with Gasteiger partial charge in [-0.3, -0.25) is 10.1 Å². The summed E-state index contributed by atoms with van der Waals surface area (Å²) in [5.74, 6) is 1.34. The molecule has 2 heterocycles. The Morgan fingerprint density at radius 3 is 3.15 bits per heavy atom. The molecule has 1 aromatic heterocycles. The van der Waals surface area contributed by atoms with E-state index in [2.05, 4.69) is 20.6 Å². The molecule has 0 aliphatic carbocycles. The molecule has 0 saturated heterocycles. The van der Waals surface area contributed by atoms with Crippen molar-refractivity contribution in [3.05, 3.63) is 30.5 Å². The third kappa shape index (κ3) is 2.90. The number of fused-ring (bicyclic) bond motifs is 1. The Morgan fingerprint density at radius 1 is 1.35 bits per heavy atom. The summed E-state index contributed by atoms with van der Waals surface area (Å²) in [7, 11) is 0. The fraction of sp³-hybridized carbons (Fsp3) is 0.286. The first-order valence-electron chi connectivity index (χ1n) is 6.59. The number of nitrogens with zero attached hydrogens (tertiary/aromatic N) is 1. The van der Waals surface area contributed by atoms with Crippen LogP contribution in [0.2, 0.25) is 0 Å². The van der Waals surface area contributed by atoms with Crippen LogP contribution < -0.4 is 15.4 Å². The maximum atomic E-state index is 10.9. The summed E-state index contributed by atoms with van der Waals surface area (Å²) in [6.07, 6.45) is 2.74.